The van der Waals surface area contributed by atoms with Crippen molar-refractivity contribution in [1.29, 1.82) is 0 Å². The molecule has 1 aromatic heterocycles. The summed E-state index contributed by atoms with van der Waals surface area (Å²) in [6, 6.07) is 28.1. The molecule has 0 radical (unpaired) electrons. The Balaban J connectivity index is 1.18. The normalized spacial score (nSPS) is 17.6. The largest absolute Gasteiger partial charge is 0.493 e. The smallest absolute Gasteiger partial charge is 0.308 e. The predicted octanol–water partition coefficient (Wildman–Crippen LogP) is 5.65. The lowest BCUT2D eigenvalue weighted by atomic mass is 9.90. The molecular formula is C31H32N2O4. The Morgan fingerprint density at radius 3 is 2.49 bits per heavy atom. The highest BCUT2D eigenvalue weighted by Gasteiger charge is 2.37. The molecular weight excluding hydrogens is 464 g/mol. The molecule has 1 N–H and O–H groups in total. The number of ether oxygens (including phenoxy) is 1. The molecule has 6 heteroatoms. The van der Waals surface area contributed by atoms with Crippen molar-refractivity contribution in [3.05, 3.63) is 108 Å². The molecule has 3 aromatic carbocycles. The number of likely N-dealkylation sites (tertiary alicyclic amines) is 1. The molecule has 0 bridgehead atoms. The van der Waals surface area contributed by atoms with E-state index in [1.54, 1.807) is 0 Å². The highest BCUT2D eigenvalue weighted by molar-refractivity contribution is 5.71. The summed E-state index contributed by atoms with van der Waals surface area (Å²) in [6.45, 7) is 4.53. The van der Waals surface area contributed by atoms with E-state index >= 15 is 0 Å². The van der Waals surface area contributed by atoms with Gasteiger partial charge in [0.05, 0.1) is 18.2 Å². The number of carboxylic acids is 1. The zero-order chi connectivity index (χ0) is 25.6. The van der Waals surface area contributed by atoms with Crippen LogP contribution in [0.1, 0.15) is 22.6 Å². The zero-order valence-electron chi connectivity index (χ0n) is 21.0. The van der Waals surface area contributed by atoms with Crippen molar-refractivity contribution in [2.75, 3.05) is 19.7 Å². The maximum absolute atomic E-state index is 12.0. The Labute approximate surface area is 217 Å². The lowest BCUT2D eigenvalue weighted by Crippen LogP contribution is -2.24. The molecule has 0 spiro atoms. The first-order valence-corrected chi connectivity index (χ1v) is 12.8. The number of aliphatic carboxylic acids is 1. The van der Waals surface area contributed by atoms with Crippen molar-refractivity contribution in [1.82, 2.24) is 9.88 Å². The zero-order valence-corrected chi connectivity index (χ0v) is 21.0. The number of oxazole rings is 1. The van der Waals surface area contributed by atoms with E-state index in [9.17, 15) is 9.90 Å². The Bertz CT molecular complexity index is 1320. The molecule has 190 valence electrons. The Hall–Kier alpha value is -3.90. The molecule has 0 saturated carbocycles. The quantitative estimate of drug-likeness (QED) is 0.306. The van der Waals surface area contributed by atoms with Crippen molar-refractivity contribution >= 4 is 5.97 Å². The minimum absolute atomic E-state index is 0.0608. The molecule has 2 heterocycles. The van der Waals surface area contributed by atoms with Gasteiger partial charge in [-0.1, -0.05) is 60.7 Å². The van der Waals surface area contributed by atoms with Crippen molar-refractivity contribution in [3.8, 4) is 17.2 Å². The highest BCUT2D eigenvalue weighted by Crippen LogP contribution is 2.29. The topological polar surface area (TPSA) is 75.8 Å². The number of nitrogens with zero attached hydrogens (tertiary/aromatic N) is 2. The molecule has 4 aromatic rings. The van der Waals surface area contributed by atoms with Gasteiger partial charge in [-0.15, -0.1) is 0 Å². The van der Waals surface area contributed by atoms with Crippen LogP contribution in [-0.2, 0) is 24.2 Å². The van der Waals surface area contributed by atoms with Crippen LogP contribution in [0.3, 0.4) is 0 Å². The molecule has 6 nitrogen and oxygen atoms in total. The lowest BCUT2D eigenvalue weighted by molar-refractivity contribution is -0.142. The summed E-state index contributed by atoms with van der Waals surface area (Å²) in [5, 5.41) is 9.86. The Morgan fingerprint density at radius 2 is 1.73 bits per heavy atom. The summed E-state index contributed by atoms with van der Waals surface area (Å²) in [7, 11) is 0. The van der Waals surface area contributed by atoms with Crippen LogP contribution in [0, 0.1) is 18.8 Å². The third-order valence-electron chi connectivity index (χ3n) is 7.00. The van der Waals surface area contributed by atoms with Crippen LogP contribution in [0.2, 0.25) is 0 Å². The molecule has 0 amide bonds. The van der Waals surface area contributed by atoms with Crippen molar-refractivity contribution in [2.45, 2.75) is 26.3 Å². The van der Waals surface area contributed by atoms with Crippen LogP contribution in [0.4, 0.5) is 0 Å². The minimum Gasteiger partial charge on any atom is -0.493 e. The van der Waals surface area contributed by atoms with E-state index in [1.165, 1.54) is 5.56 Å². The summed E-state index contributed by atoms with van der Waals surface area (Å²) < 4.78 is 11.9. The summed E-state index contributed by atoms with van der Waals surface area (Å²) in [4.78, 5) is 18.9. The molecule has 1 fully saturated rings. The van der Waals surface area contributed by atoms with Crippen molar-refractivity contribution in [3.63, 3.8) is 0 Å². The second kappa shape index (κ2) is 11.4. The van der Waals surface area contributed by atoms with Crippen LogP contribution in [0.25, 0.3) is 11.5 Å². The number of aryl methyl sites for hydroxylation is 1. The van der Waals surface area contributed by atoms with Gasteiger partial charge in [-0.05, 0) is 54.7 Å². The Kier molecular flexibility index (Phi) is 7.66. The van der Waals surface area contributed by atoms with Gasteiger partial charge in [-0.2, -0.15) is 0 Å². The van der Waals surface area contributed by atoms with E-state index in [1.807, 2.05) is 73.7 Å². The van der Waals surface area contributed by atoms with Gasteiger partial charge in [0.15, 0.2) is 0 Å². The van der Waals surface area contributed by atoms with Crippen molar-refractivity contribution < 1.29 is 19.1 Å². The van der Waals surface area contributed by atoms with Crippen molar-refractivity contribution in [2.24, 2.45) is 11.8 Å². The monoisotopic (exact) mass is 496 g/mol. The average Bonchev–Trinajstić information content (AvgIpc) is 3.48. The lowest BCUT2D eigenvalue weighted by Gasteiger charge is -2.16. The van der Waals surface area contributed by atoms with E-state index in [0.29, 0.717) is 31.9 Å². The number of carboxylic acid groups (broad SMARTS) is 1. The molecule has 1 saturated heterocycles. The van der Waals surface area contributed by atoms with E-state index in [2.05, 4.69) is 28.1 Å². The number of hydrogen-bond donors (Lipinski definition) is 1. The van der Waals surface area contributed by atoms with E-state index < -0.39 is 5.97 Å². The predicted molar refractivity (Wildman–Crippen MR) is 142 cm³/mol. The van der Waals surface area contributed by atoms with E-state index in [-0.39, 0.29) is 11.8 Å². The number of rotatable bonds is 10. The maximum Gasteiger partial charge on any atom is 0.308 e. The number of hydrogen-bond acceptors (Lipinski definition) is 5. The van der Waals surface area contributed by atoms with Gasteiger partial charge >= 0.3 is 5.97 Å². The standard InChI is InChI=1S/C31H32N2O4/c1-22-29(32-30(37-22)25-12-6-3-7-13-25)15-16-36-27-14-8-11-24(18-27)17-26-20-33(21-28(26)31(34)35)19-23-9-4-2-5-10-23/h2-14,18,26,28H,15-17,19-21H2,1H3,(H,34,35)/t26-,28+/m0/s1. The van der Waals surface area contributed by atoms with Crippen LogP contribution >= 0.6 is 0 Å². The molecule has 2 atom stereocenters. The Morgan fingerprint density at radius 1 is 1.00 bits per heavy atom. The van der Waals surface area contributed by atoms with Gasteiger partial charge in [-0.25, -0.2) is 4.98 Å². The fourth-order valence-electron chi connectivity index (χ4n) is 5.11. The van der Waals surface area contributed by atoms with Gasteiger partial charge < -0.3 is 14.3 Å². The summed E-state index contributed by atoms with van der Waals surface area (Å²) in [6.07, 6.45) is 1.35. The summed E-state index contributed by atoms with van der Waals surface area (Å²) >= 11 is 0. The van der Waals surface area contributed by atoms with Crippen LogP contribution in [-0.4, -0.2) is 40.7 Å². The molecule has 0 unspecified atom stereocenters. The first-order chi connectivity index (χ1) is 18.0. The summed E-state index contributed by atoms with van der Waals surface area (Å²) in [5.74, 6) is 1.19. The first-order valence-electron chi connectivity index (χ1n) is 12.8. The van der Waals surface area contributed by atoms with E-state index in [0.717, 1.165) is 41.4 Å². The third kappa shape index (κ3) is 6.27. The second-order valence-electron chi connectivity index (χ2n) is 9.72. The molecule has 0 aliphatic carbocycles. The fourth-order valence-corrected chi connectivity index (χ4v) is 5.11. The third-order valence-corrected chi connectivity index (χ3v) is 7.00. The summed E-state index contributed by atoms with van der Waals surface area (Å²) in [5.41, 5.74) is 4.16. The van der Waals surface area contributed by atoms with Gasteiger partial charge in [0.2, 0.25) is 5.89 Å². The van der Waals surface area contributed by atoms with Crippen LogP contribution < -0.4 is 4.74 Å². The number of benzene rings is 3. The molecule has 5 rings (SSSR count). The molecule has 1 aliphatic rings. The van der Waals surface area contributed by atoms with E-state index in [4.69, 9.17) is 9.15 Å². The van der Waals surface area contributed by atoms with Gasteiger partial charge in [0.25, 0.3) is 0 Å². The fraction of sp³-hybridized carbons (Fsp3) is 0.290. The molecule has 37 heavy (non-hydrogen) atoms. The highest BCUT2D eigenvalue weighted by atomic mass is 16.5. The minimum atomic E-state index is -0.717. The van der Waals surface area contributed by atoms with Gasteiger partial charge in [0, 0.05) is 31.6 Å². The SMILES string of the molecule is Cc1oc(-c2ccccc2)nc1CCOc1cccc(C[C@H]2CN(Cc3ccccc3)C[C@H]2C(=O)O)c1. The maximum atomic E-state index is 12.0. The number of carbonyl (C=O) groups is 1. The number of aromatic nitrogens is 1. The molecule has 1 aliphatic heterocycles. The first kappa shape index (κ1) is 24.8. The van der Waals surface area contributed by atoms with Gasteiger partial charge in [0.1, 0.15) is 11.5 Å². The van der Waals surface area contributed by atoms with Crippen LogP contribution in [0.5, 0.6) is 5.75 Å². The average molecular weight is 497 g/mol. The van der Waals surface area contributed by atoms with Gasteiger partial charge in [-0.3, -0.25) is 9.69 Å². The van der Waals surface area contributed by atoms with Crippen LogP contribution in [0.15, 0.2) is 89.3 Å². The second-order valence-corrected chi connectivity index (χ2v) is 9.72.